The Hall–Kier alpha value is -1.22. The molecule has 2 N–H and O–H groups in total. The minimum Gasteiger partial charge on any atom is -0.493 e. The Labute approximate surface area is 149 Å². The van der Waals surface area contributed by atoms with Crippen molar-refractivity contribution < 1.29 is 14.2 Å². The number of benzene rings is 1. The highest BCUT2D eigenvalue weighted by atomic mass is 127. The number of hydrogen-bond acceptors (Lipinski definition) is 4. The highest BCUT2D eigenvalue weighted by molar-refractivity contribution is 14.0. The molecule has 0 saturated carbocycles. The number of nitrogens with zero attached hydrogens (tertiary/aromatic N) is 1. The van der Waals surface area contributed by atoms with Gasteiger partial charge >= 0.3 is 0 Å². The molecule has 0 radical (unpaired) electrons. The van der Waals surface area contributed by atoms with E-state index in [1.54, 1.807) is 21.3 Å². The van der Waals surface area contributed by atoms with E-state index in [0.717, 1.165) is 23.0 Å². The van der Waals surface area contributed by atoms with Gasteiger partial charge in [-0.05, 0) is 24.6 Å². The quantitative estimate of drug-likeness (QED) is 0.290. The predicted octanol–water partition coefficient (Wildman–Crippen LogP) is 2.02. The van der Waals surface area contributed by atoms with E-state index in [1.165, 1.54) is 0 Å². The van der Waals surface area contributed by atoms with E-state index in [0.29, 0.717) is 26.3 Å². The first-order chi connectivity index (χ1) is 10.2. The highest BCUT2D eigenvalue weighted by Gasteiger charge is 2.05. The third kappa shape index (κ3) is 7.17. The second kappa shape index (κ2) is 12.3. The van der Waals surface area contributed by atoms with Gasteiger partial charge in [0.2, 0.25) is 0 Å². The number of nitrogens with one attached hydrogen (secondary N) is 2. The summed E-state index contributed by atoms with van der Waals surface area (Å²) in [5.41, 5.74) is 1.09. The molecule has 1 aromatic rings. The first kappa shape index (κ1) is 20.8. The monoisotopic (exact) mass is 423 g/mol. The van der Waals surface area contributed by atoms with Crippen LogP contribution in [0.2, 0.25) is 0 Å². The van der Waals surface area contributed by atoms with Crippen LogP contribution in [0.25, 0.3) is 0 Å². The summed E-state index contributed by atoms with van der Waals surface area (Å²) < 4.78 is 15.8. The molecule has 0 unspecified atom stereocenters. The lowest BCUT2D eigenvalue weighted by Crippen LogP contribution is -2.38. The number of ether oxygens (including phenoxy) is 3. The molecule has 7 heteroatoms. The van der Waals surface area contributed by atoms with Gasteiger partial charge in [-0.15, -0.1) is 24.0 Å². The third-order valence-electron chi connectivity index (χ3n) is 2.81. The fourth-order valence-electron chi connectivity index (χ4n) is 1.77. The van der Waals surface area contributed by atoms with E-state index in [9.17, 15) is 0 Å². The van der Waals surface area contributed by atoms with Crippen LogP contribution in [0.1, 0.15) is 12.5 Å². The molecule has 0 atom stereocenters. The molecule has 0 spiro atoms. The number of rotatable bonds is 8. The Morgan fingerprint density at radius 1 is 1.18 bits per heavy atom. The molecule has 0 aromatic heterocycles. The van der Waals surface area contributed by atoms with E-state index in [4.69, 9.17) is 14.2 Å². The van der Waals surface area contributed by atoms with Crippen LogP contribution in [-0.2, 0) is 11.3 Å². The molecule has 0 heterocycles. The van der Waals surface area contributed by atoms with Gasteiger partial charge in [-0.1, -0.05) is 6.07 Å². The lowest BCUT2D eigenvalue weighted by molar-refractivity contribution is 0.203. The summed E-state index contributed by atoms with van der Waals surface area (Å²) in [7, 11) is 5.05. The van der Waals surface area contributed by atoms with E-state index in [1.807, 2.05) is 25.1 Å². The van der Waals surface area contributed by atoms with Crippen molar-refractivity contribution in [3.8, 4) is 11.5 Å². The Morgan fingerprint density at radius 2 is 1.95 bits per heavy atom. The van der Waals surface area contributed by atoms with Crippen molar-refractivity contribution in [2.45, 2.75) is 13.5 Å². The van der Waals surface area contributed by atoms with Crippen LogP contribution in [0.4, 0.5) is 0 Å². The van der Waals surface area contributed by atoms with Crippen LogP contribution < -0.4 is 20.1 Å². The van der Waals surface area contributed by atoms with E-state index >= 15 is 0 Å². The van der Waals surface area contributed by atoms with Crippen LogP contribution in [-0.4, -0.2) is 47.0 Å². The summed E-state index contributed by atoms with van der Waals surface area (Å²) in [6.07, 6.45) is 0. The molecular formula is C15H26IN3O3. The molecule has 0 bridgehead atoms. The molecule has 0 saturated heterocycles. The van der Waals surface area contributed by atoms with Crippen molar-refractivity contribution in [2.24, 2.45) is 4.99 Å². The molecule has 0 fully saturated rings. The highest BCUT2D eigenvalue weighted by Crippen LogP contribution is 2.27. The van der Waals surface area contributed by atoms with E-state index in [2.05, 4.69) is 15.6 Å². The molecule has 22 heavy (non-hydrogen) atoms. The van der Waals surface area contributed by atoms with Crippen molar-refractivity contribution in [1.29, 1.82) is 0 Å². The normalized spacial score (nSPS) is 10.6. The summed E-state index contributed by atoms with van der Waals surface area (Å²) in [5, 5.41) is 6.39. The predicted molar refractivity (Wildman–Crippen MR) is 99.7 cm³/mol. The smallest absolute Gasteiger partial charge is 0.191 e. The second-order valence-corrected chi connectivity index (χ2v) is 4.26. The molecule has 1 rings (SSSR count). The zero-order valence-corrected chi connectivity index (χ0v) is 16.0. The summed E-state index contributed by atoms with van der Waals surface area (Å²) >= 11 is 0. The fourth-order valence-corrected chi connectivity index (χ4v) is 1.77. The lowest BCUT2D eigenvalue weighted by Gasteiger charge is -2.13. The Kier molecular flexibility index (Phi) is 11.7. The van der Waals surface area contributed by atoms with Crippen LogP contribution in [0.15, 0.2) is 23.2 Å². The van der Waals surface area contributed by atoms with Crippen LogP contribution in [0.3, 0.4) is 0 Å². The SMILES string of the molecule is CCOc1ccc(CNC(=NC)NCCOC)cc1OC.I. The van der Waals surface area contributed by atoms with Crippen molar-refractivity contribution in [2.75, 3.05) is 41.0 Å². The number of methoxy groups -OCH3 is 2. The van der Waals surface area contributed by atoms with Gasteiger partial charge < -0.3 is 24.8 Å². The average Bonchev–Trinajstić information content (AvgIpc) is 2.52. The topological polar surface area (TPSA) is 64.1 Å². The maximum Gasteiger partial charge on any atom is 0.191 e. The minimum atomic E-state index is 0. The maximum atomic E-state index is 5.50. The molecule has 1 aromatic carbocycles. The zero-order chi connectivity index (χ0) is 15.5. The molecule has 0 aliphatic carbocycles. The molecule has 0 amide bonds. The van der Waals surface area contributed by atoms with Gasteiger partial charge in [-0.2, -0.15) is 0 Å². The van der Waals surface area contributed by atoms with Crippen LogP contribution in [0, 0.1) is 0 Å². The Balaban J connectivity index is 0.00000441. The van der Waals surface area contributed by atoms with Crippen molar-refractivity contribution in [1.82, 2.24) is 10.6 Å². The van der Waals surface area contributed by atoms with Crippen LogP contribution >= 0.6 is 24.0 Å². The first-order valence-corrected chi connectivity index (χ1v) is 6.98. The molecular weight excluding hydrogens is 397 g/mol. The van der Waals surface area contributed by atoms with Gasteiger partial charge in [0, 0.05) is 27.2 Å². The number of hydrogen-bond donors (Lipinski definition) is 2. The van der Waals surface area contributed by atoms with E-state index < -0.39 is 0 Å². The van der Waals surface area contributed by atoms with Gasteiger partial charge in [0.05, 0.1) is 20.3 Å². The van der Waals surface area contributed by atoms with Crippen molar-refractivity contribution >= 4 is 29.9 Å². The maximum absolute atomic E-state index is 5.50. The molecule has 0 aliphatic heterocycles. The second-order valence-electron chi connectivity index (χ2n) is 4.26. The minimum absolute atomic E-state index is 0. The number of aliphatic imine (C=N–C) groups is 1. The molecule has 126 valence electrons. The van der Waals surface area contributed by atoms with E-state index in [-0.39, 0.29) is 24.0 Å². The van der Waals surface area contributed by atoms with Gasteiger partial charge in [0.1, 0.15) is 0 Å². The molecule has 6 nitrogen and oxygen atoms in total. The Morgan fingerprint density at radius 3 is 2.55 bits per heavy atom. The first-order valence-electron chi connectivity index (χ1n) is 6.98. The Bertz CT molecular complexity index is 456. The van der Waals surface area contributed by atoms with Gasteiger partial charge in [-0.3, -0.25) is 4.99 Å². The van der Waals surface area contributed by atoms with Gasteiger partial charge in [0.15, 0.2) is 17.5 Å². The number of guanidine groups is 1. The summed E-state index contributed by atoms with van der Waals surface area (Å²) in [4.78, 5) is 4.15. The zero-order valence-electron chi connectivity index (χ0n) is 13.6. The van der Waals surface area contributed by atoms with Gasteiger partial charge in [0.25, 0.3) is 0 Å². The number of halogens is 1. The fraction of sp³-hybridized carbons (Fsp3) is 0.533. The standard InChI is InChI=1S/C15H25N3O3.HI/c1-5-21-13-7-6-12(10-14(13)20-4)11-18-15(16-2)17-8-9-19-3;/h6-7,10H,5,8-9,11H2,1-4H3,(H2,16,17,18);1H. The third-order valence-corrected chi connectivity index (χ3v) is 2.81. The summed E-state index contributed by atoms with van der Waals surface area (Å²) in [6.45, 7) is 4.56. The molecule has 0 aliphatic rings. The van der Waals surface area contributed by atoms with Crippen molar-refractivity contribution in [3.63, 3.8) is 0 Å². The summed E-state index contributed by atoms with van der Waals surface area (Å²) in [6, 6.07) is 5.88. The van der Waals surface area contributed by atoms with Crippen molar-refractivity contribution in [3.05, 3.63) is 23.8 Å². The average molecular weight is 423 g/mol. The lowest BCUT2D eigenvalue weighted by atomic mass is 10.2. The summed E-state index contributed by atoms with van der Waals surface area (Å²) in [5.74, 6) is 2.23. The largest absolute Gasteiger partial charge is 0.493 e. The van der Waals surface area contributed by atoms with Gasteiger partial charge in [-0.25, -0.2) is 0 Å². The van der Waals surface area contributed by atoms with Crippen LogP contribution in [0.5, 0.6) is 11.5 Å².